The van der Waals surface area contributed by atoms with Crippen molar-refractivity contribution in [2.45, 2.75) is 12.5 Å². The monoisotopic (exact) mass is 224 g/mol. The van der Waals surface area contributed by atoms with E-state index in [1.807, 2.05) is 36.3 Å². The van der Waals surface area contributed by atoms with Crippen molar-refractivity contribution in [3.8, 4) is 5.75 Å². The second-order valence-corrected chi connectivity index (χ2v) is 3.95. The van der Waals surface area contributed by atoms with Gasteiger partial charge in [0.2, 0.25) is 0 Å². The van der Waals surface area contributed by atoms with Gasteiger partial charge in [0.1, 0.15) is 10.9 Å². The van der Waals surface area contributed by atoms with Crippen molar-refractivity contribution in [1.82, 2.24) is 5.01 Å². The van der Waals surface area contributed by atoms with Gasteiger partial charge in [0.25, 0.3) is 0 Å². The van der Waals surface area contributed by atoms with E-state index in [9.17, 15) is 0 Å². The quantitative estimate of drug-likeness (QED) is 0.772. The fraction of sp³-hybridized carbons (Fsp3) is 0.364. The van der Waals surface area contributed by atoms with Crippen molar-refractivity contribution < 1.29 is 4.74 Å². The van der Waals surface area contributed by atoms with Crippen molar-refractivity contribution in [3.05, 3.63) is 29.8 Å². The lowest BCUT2D eigenvalue weighted by Crippen LogP contribution is -2.14. The summed E-state index contributed by atoms with van der Waals surface area (Å²) >= 11 is 5.91. The molecule has 1 atom stereocenters. The molecule has 0 aromatic heterocycles. The molecular weight excluding hydrogens is 212 g/mol. The van der Waals surface area contributed by atoms with Crippen molar-refractivity contribution in [3.63, 3.8) is 0 Å². The first-order valence-electron chi connectivity index (χ1n) is 4.81. The fourth-order valence-corrected chi connectivity index (χ4v) is 2.09. The summed E-state index contributed by atoms with van der Waals surface area (Å²) in [5, 5.41) is 6.70. The Balaban J connectivity index is 2.31. The van der Waals surface area contributed by atoms with Gasteiger partial charge in [0.15, 0.2) is 0 Å². The molecule has 0 aliphatic carbocycles. The van der Waals surface area contributed by atoms with Crippen LogP contribution >= 0.6 is 11.6 Å². The highest BCUT2D eigenvalue weighted by Gasteiger charge is 2.26. The minimum absolute atomic E-state index is 0.189. The lowest BCUT2D eigenvalue weighted by atomic mass is 10.0. The molecular formula is C11H13ClN2O. The van der Waals surface area contributed by atoms with Gasteiger partial charge in [-0.1, -0.05) is 29.8 Å². The molecule has 0 bridgehead atoms. The number of hydrogen-bond acceptors (Lipinski definition) is 3. The number of halogens is 1. The molecule has 1 heterocycles. The zero-order chi connectivity index (χ0) is 10.8. The highest BCUT2D eigenvalue weighted by atomic mass is 35.5. The van der Waals surface area contributed by atoms with Gasteiger partial charge in [0.05, 0.1) is 13.2 Å². The van der Waals surface area contributed by atoms with Gasteiger partial charge in [-0.2, -0.15) is 5.10 Å². The van der Waals surface area contributed by atoms with Crippen LogP contribution in [0.2, 0.25) is 0 Å². The minimum Gasteiger partial charge on any atom is -0.496 e. The SMILES string of the molecule is COc1ccccc1C1CC(Cl)=NN1C. The summed E-state index contributed by atoms with van der Waals surface area (Å²) in [7, 11) is 3.60. The number of benzene rings is 1. The maximum atomic E-state index is 5.91. The van der Waals surface area contributed by atoms with E-state index in [0.717, 1.165) is 17.7 Å². The van der Waals surface area contributed by atoms with Crippen LogP contribution in [-0.4, -0.2) is 24.3 Å². The molecule has 15 heavy (non-hydrogen) atoms. The van der Waals surface area contributed by atoms with Gasteiger partial charge in [0, 0.05) is 19.0 Å². The van der Waals surface area contributed by atoms with Gasteiger partial charge in [-0.05, 0) is 6.07 Å². The summed E-state index contributed by atoms with van der Waals surface area (Å²) in [6.45, 7) is 0. The van der Waals surface area contributed by atoms with E-state index in [1.165, 1.54) is 0 Å². The number of hydrogen-bond donors (Lipinski definition) is 0. The molecule has 0 amide bonds. The van der Waals surface area contributed by atoms with Crippen LogP contribution in [0.4, 0.5) is 0 Å². The molecule has 80 valence electrons. The number of ether oxygens (including phenoxy) is 1. The molecule has 0 radical (unpaired) electrons. The first-order valence-corrected chi connectivity index (χ1v) is 5.19. The third-order valence-electron chi connectivity index (χ3n) is 2.58. The van der Waals surface area contributed by atoms with E-state index in [4.69, 9.17) is 16.3 Å². The molecule has 3 nitrogen and oxygen atoms in total. The average molecular weight is 225 g/mol. The van der Waals surface area contributed by atoms with Crippen LogP contribution < -0.4 is 4.74 Å². The van der Waals surface area contributed by atoms with Crippen LogP contribution in [0, 0.1) is 0 Å². The van der Waals surface area contributed by atoms with E-state index >= 15 is 0 Å². The van der Waals surface area contributed by atoms with Crippen molar-refractivity contribution in [2.75, 3.05) is 14.2 Å². The maximum absolute atomic E-state index is 5.91. The number of para-hydroxylation sites is 1. The summed E-state index contributed by atoms with van der Waals surface area (Å²) < 4.78 is 5.32. The van der Waals surface area contributed by atoms with Crippen LogP contribution in [0.1, 0.15) is 18.0 Å². The van der Waals surface area contributed by atoms with E-state index in [2.05, 4.69) is 5.10 Å². The first-order chi connectivity index (χ1) is 7.22. The Bertz CT molecular complexity index is 392. The number of nitrogens with zero attached hydrogens (tertiary/aromatic N) is 2. The Morgan fingerprint density at radius 1 is 1.47 bits per heavy atom. The summed E-state index contributed by atoms with van der Waals surface area (Å²) in [5.74, 6) is 0.885. The second kappa shape index (κ2) is 4.11. The van der Waals surface area contributed by atoms with Gasteiger partial charge in [-0.25, -0.2) is 0 Å². The molecule has 0 fully saturated rings. The molecule has 0 saturated heterocycles. The number of rotatable bonds is 2. The van der Waals surface area contributed by atoms with Gasteiger partial charge in [-0.15, -0.1) is 0 Å². The molecule has 2 rings (SSSR count). The molecule has 1 unspecified atom stereocenters. The minimum atomic E-state index is 0.189. The molecule has 1 aliphatic rings. The number of methoxy groups -OCH3 is 1. The van der Waals surface area contributed by atoms with Crippen LogP contribution in [-0.2, 0) is 0 Å². The normalized spacial score (nSPS) is 20.3. The smallest absolute Gasteiger partial charge is 0.128 e. The van der Waals surface area contributed by atoms with Gasteiger partial charge >= 0.3 is 0 Å². The molecule has 4 heteroatoms. The van der Waals surface area contributed by atoms with E-state index < -0.39 is 0 Å². The maximum Gasteiger partial charge on any atom is 0.128 e. The lowest BCUT2D eigenvalue weighted by Gasteiger charge is -2.20. The Morgan fingerprint density at radius 3 is 2.80 bits per heavy atom. The summed E-state index contributed by atoms with van der Waals surface area (Å²) in [6, 6.07) is 8.14. The Labute approximate surface area is 94.3 Å². The summed E-state index contributed by atoms with van der Waals surface area (Å²) in [6.07, 6.45) is 0.748. The topological polar surface area (TPSA) is 24.8 Å². The Morgan fingerprint density at radius 2 is 2.20 bits per heavy atom. The van der Waals surface area contributed by atoms with Gasteiger partial charge < -0.3 is 4.74 Å². The van der Waals surface area contributed by atoms with E-state index in [0.29, 0.717) is 5.17 Å². The molecule has 0 spiro atoms. The summed E-state index contributed by atoms with van der Waals surface area (Å²) in [5.41, 5.74) is 1.13. The van der Waals surface area contributed by atoms with E-state index in [1.54, 1.807) is 7.11 Å². The molecule has 1 aromatic rings. The zero-order valence-electron chi connectivity index (χ0n) is 8.77. The van der Waals surface area contributed by atoms with Crippen LogP contribution in [0.15, 0.2) is 29.4 Å². The molecule has 0 saturated carbocycles. The highest BCUT2D eigenvalue weighted by molar-refractivity contribution is 6.65. The largest absolute Gasteiger partial charge is 0.496 e. The third-order valence-corrected chi connectivity index (χ3v) is 2.81. The summed E-state index contributed by atoms with van der Waals surface area (Å²) in [4.78, 5) is 0. The van der Waals surface area contributed by atoms with Crippen LogP contribution in [0.3, 0.4) is 0 Å². The first kappa shape index (κ1) is 10.3. The highest BCUT2D eigenvalue weighted by Crippen LogP contribution is 2.35. The molecule has 1 aromatic carbocycles. The standard InChI is InChI=1S/C11H13ClN2O/c1-14-9(7-11(12)13-14)8-5-3-4-6-10(8)15-2/h3-6,9H,7H2,1-2H3. The molecule has 0 N–H and O–H groups in total. The predicted molar refractivity (Wildman–Crippen MR) is 61.4 cm³/mol. The van der Waals surface area contributed by atoms with Crippen molar-refractivity contribution in [2.24, 2.45) is 5.10 Å². The number of hydrazone groups is 1. The Hall–Kier alpha value is -1.22. The second-order valence-electron chi connectivity index (χ2n) is 3.51. The van der Waals surface area contributed by atoms with E-state index in [-0.39, 0.29) is 6.04 Å². The van der Waals surface area contributed by atoms with Crippen LogP contribution in [0.25, 0.3) is 0 Å². The molecule has 1 aliphatic heterocycles. The fourth-order valence-electron chi connectivity index (χ4n) is 1.83. The van der Waals surface area contributed by atoms with Gasteiger partial charge in [-0.3, -0.25) is 5.01 Å². The Kier molecular flexibility index (Phi) is 2.82. The van der Waals surface area contributed by atoms with Crippen molar-refractivity contribution >= 4 is 16.8 Å². The average Bonchev–Trinajstić information content (AvgIpc) is 2.57. The third kappa shape index (κ3) is 1.92. The zero-order valence-corrected chi connectivity index (χ0v) is 9.53. The lowest BCUT2D eigenvalue weighted by molar-refractivity contribution is 0.281. The van der Waals surface area contributed by atoms with Crippen molar-refractivity contribution in [1.29, 1.82) is 0 Å². The predicted octanol–water partition coefficient (Wildman–Crippen LogP) is 2.62. The van der Waals surface area contributed by atoms with Crippen LogP contribution in [0.5, 0.6) is 5.75 Å².